The van der Waals surface area contributed by atoms with Crippen molar-refractivity contribution in [3.05, 3.63) is 35.4 Å². The summed E-state index contributed by atoms with van der Waals surface area (Å²) < 4.78 is 25.9. The van der Waals surface area contributed by atoms with Crippen LogP contribution in [0.25, 0.3) is 0 Å². The van der Waals surface area contributed by atoms with Gasteiger partial charge in [-0.3, -0.25) is 4.79 Å². The minimum absolute atomic E-state index is 0.0727. The first-order chi connectivity index (χ1) is 8.97. The molecule has 106 valence electrons. The first-order valence-electron chi connectivity index (χ1n) is 6.40. The Balaban J connectivity index is 2.60. The topological polar surface area (TPSA) is 49.3 Å². The van der Waals surface area contributed by atoms with Crippen LogP contribution in [-0.4, -0.2) is 23.7 Å². The number of carbonyl (C=O) groups excluding carboxylic acids is 1. The Morgan fingerprint density at radius 2 is 1.74 bits per heavy atom. The Morgan fingerprint density at radius 1 is 1.21 bits per heavy atom. The molecule has 0 aliphatic heterocycles. The van der Waals surface area contributed by atoms with E-state index in [1.807, 2.05) is 13.8 Å². The van der Waals surface area contributed by atoms with Gasteiger partial charge in [-0.05, 0) is 18.1 Å². The number of nitrogens with one attached hydrogen (secondary N) is 1. The van der Waals surface area contributed by atoms with E-state index >= 15 is 0 Å². The van der Waals surface area contributed by atoms with Crippen molar-refractivity contribution in [1.82, 2.24) is 5.32 Å². The van der Waals surface area contributed by atoms with Gasteiger partial charge >= 0.3 is 0 Å². The van der Waals surface area contributed by atoms with Crippen molar-refractivity contribution in [2.24, 2.45) is 5.92 Å². The molecule has 0 saturated carbocycles. The van der Waals surface area contributed by atoms with E-state index in [0.717, 1.165) is 25.0 Å². The summed E-state index contributed by atoms with van der Waals surface area (Å²) >= 11 is 0. The maximum atomic E-state index is 13.0. The molecule has 0 heterocycles. The number of carbonyl (C=O) groups is 1. The Bertz CT molecular complexity index is 413. The highest BCUT2D eigenvalue weighted by Gasteiger charge is 2.17. The lowest BCUT2D eigenvalue weighted by Crippen LogP contribution is -2.36. The number of hydrogen-bond donors (Lipinski definition) is 2. The molecule has 1 amide bonds. The quantitative estimate of drug-likeness (QED) is 0.835. The second-order valence-corrected chi connectivity index (χ2v) is 4.51. The maximum absolute atomic E-state index is 13.0. The highest BCUT2D eigenvalue weighted by Crippen LogP contribution is 2.13. The Hall–Kier alpha value is -1.49. The molecule has 19 heavy (non-hydrogen) atoms. The van der Waals surface area contributed by atoms with Gasteiger partial charge in [-0.2, -0.15) is 0 Å². The highest BCUT2D eigenvalue weighted by molar-refractivity contribution is 5.94. The number of amides is 1. The summed E-state index contributed by atoms with van der Waals surface area (Å²) in [5.74, 6) is -2.09. The number of hydrogen-bond acceptors (Lipinski definition) is 2. The van der Waals surface area contributed by atoms with Crippen molar-refractivity contribution in [2.45, 2.75) is 32.8 Å². The maximum Gasteiger partial charge on any atom is 0.251 e. The van der Waals surface area contributed by atoms with Crippen molar-refractivity contribution in [2.75, 3.05) is 6.54 Å². The van der Waals surface area contributed by atoms with E-state index in [1.54, 1.807) is 0 Å². The lowest BCUT2D eigenvalue weighted by molar-refractivity contribution is 0.0816. The highest BCUT2D eigenvalue weighted by atomic mass is 19.1. The van der Waals surface area contributed by atoms with Gasteiger partial charge in [0.15, 0.2) is 0 Å². The van der Waals surface area contributed by atoms with Crippen LogP contribution in [0.4, 0.5) is 8.78 Å². The third-order valence-electron chi connectivity index (χ3n) is 3.19. The largest absolute Gasteiger partial charge is 0.391 e. The summed E-state index contributed by atoms with van der Waals surface area (Å²) in [6.45, 7) is 3.99. The van der Waals surface area contributed by atoms with E-state index in [2.05, 4.69) is 5.32 Å². The predicted molar refractivity (Wildman–Crippen MR) is 68.8 cm³/mol. The summed E-state index contributed by atoms with van der Waals surface area (Å²) in [7, 11) is 0. The summed E-state index contributed by atoms with van der Waals surface area (Å²) in [5.41, 5.74) is -0.0887. The van der Waals surface area contributed by atoms with Crippen LogP contribution < -0.4 is 5.32 Å². The van der Waals surface area contributed by atoms with Crippen molar-refractivity contribution in [3.63, 3.8) is 0 Å². The molecule has 0 spiro atoms. The lowest BCUT2D eigenvalue weighted by Gasteiger charge is -2.20. The van der Waals surface area contributed by atoms with Crippen LogP contribution in [0.2, 0.25) is 0 Å². The zero-order valence-corrected chi connectivity index (χ0v) is 11.1. The van der Waals surface area contributed by atoms with Gasteiger partial charge in [-0.25, -0.2) is 8.78 Å². The molecule has 0 aliphatic rings. The third kappa shape index (κ3) is 4.59. The van der Waals surface area contributed by atoms with Gasteiger partial charge in [0, 0.05) is 18.2 Å². The number of benzene rings is 1. The average Bonchev–Trinajstić information content (AvgIpc) is 2.36. The van der Waals surface area contributed by atoms with E-state index in [0.29, 0.717) is 6.07 Å². The number of aliphatic hydroxyl groups is 1. The average molecular weight is 271 g/mol. The number of halogens is 2. The summed E-state index contributed by atoms with van der Waals surface area (Å²) in [6.07, 6.45) is 0.960. The van der Waals surface area contributed by atoms with E-state index in [-0.39, 0.29) is 18.0 Å². The number of aliphatic hydroxyl groups excluding tert-OH is 1. The van der Waals surface area contributed by atoms with Crippen LogP contribution in [0.3, 0.4) is 0 Å². The molecule has 1 rings (SSSR count). The standard InChI is InChI=1S/C14H19F2NO2/c1-3-9(4-2)13(18)8-17-14(19)10-5-11(15)7-12(16)6-10/h5-7,9,13,18H,3-4,8H2,1-2H3,(H,17,19). The normalized spacial score (nSPS) is 12.5. The Kier molecular flexibility index (Phi) is 5.89. The van der Waals surface area contributed by atoms with Gasteiger partial charge in [-0.15, -0.1) is 0 Å². The Morgan fingerprint density at radius 3 is 2.21 bits per heavy atom. The molecule has 2 N–H and O–H groups in total. The van der Waals surface area contributed by atoms with Crippen LogP contribution in [-0.2, 0) is 0 Å². The van der Waals surface area contributed by atoms with Crippen molar-refractivity contribution in [1.29, 1.82) is 0 Å². The van der Waals surface area contributed by atoms with Crippen LogP contribution in [0, 0.1) is 17.6 Å². The second kappa shape index (κ2) is 7.19. The first kappa shape index (κ1) is 15.6. The second-order valence-electron chi connectivity index (χ2n) is 4.51. The molecule has 0 bridgehead atoms. The smallest absolute Gasteiger partial charge is 0.251 e. The zero-order chi connectivity index (χ0) is 14.4. The van der Waals surface area contributed by atoms with Gasteiger partial charge in [0.25, 0.3) is 5.91 Å². The number of rotatable bonds is 6. The van der Waals surface area contributed by atoms with Gasteiger partial charge in [0.2, 0.25) is 0 Å². The minimum Gasteiger partial charge on any atom is -0.391 e. The third-order valence-corrected chi connectivity index (χ3v) is 3.19. The van der Waals surface area contributed by atoms with Crippen molar-refractivity contribution >= 4 is 5.91 Å². The predicted octanol–water partition coefficient (Wildman–Crippen LogP) is 2.49. The summed E-state index contributed by atoms with van der Waals surface area (Å²) in [6, 6.07) is 2.62. The lowest BCUT2D eigenvalue weighted by atomic mass is 9.96. The van der Waals surface area contributed by atoms with Gasteiger partial charge in [-0.1, -0.05) is 26.7 Å². The SMILES string of the molecule is CCC(CC)C(O)CNC(=O)c1cc(F)cc(F)c1. The van der Waals surface area contributed by atoms with Crippen LogP contribution >= 0.6 is 0 Å². The molecule has 1 aromatic rings. The van der Waals surface area contributed by atoms with Gasteiger partial charge < -0.3 is 10.4 Å². The molecule has 0 fully saturated rings. The van der Waals surface area contributed by atoms with E-state index < -0.39 is 23.6 Å². The summed E-state index contributed by atoms with van der Waals surface area (Å²) in [4.78, 5) is 11.7. The Labute approximate surface area is 111 Å². The fourth-order valence-electron chi connectivity index (χ4n) is 1.98. The molecule has 1 aromatic carbocycles. The van der Waals surface area contributed by atoms with Gasteiger partial charge in [0.05, 0.1) is 6.10 Å². The molecule has 0 aromatic heterocycles. The minimum atomic E-state index is -0.800. The molecule has 5 heteroatoms. The van der Waals surface area contributed by atoms with Crippen LogP contribution in [0.15, 0.2) is 18.2 Å². The van der Waals surface area contributed by atoms with E-state index in [4.69, 9.17) is 0 Å². The fraction of sp³-hybridized carbons (Fsp3) is 0.500. The molecular weight excluding hydrogens is 252 g/mol. The van der Waals surface area contributed by atoms with Crippen molar-refractivity contribution < 1.29 is 18.7 Å². The molecular formula is C14H19F2NO2. The first-order valence-corrected chi connectivity index (χ1v) is 6.40. The molecule has 3 nitrogen and oxygen atoms in total. The molecule has 0 aliphatic carbocycles. The monoisotopic (exact) mass is 271 g/mol. The van der Waals surface area contributed by atoms with E-state index in [9.17, 15) is 18.7 Å². The molecule has 0 radical (unpaired) electrons. The fourth-order valence-corrected chi connectivity index (χ4v) is 1.98. The summed E-state index contributed by atoms with van der Waals surface area (Å²) in [5, 5.41) is 12.3. The van der Waals surface area contributed by atoms with Gasteiger partial charge in [0.1, 0.15) is 11.6 Å². The zero-order valence-electron chi connectivity index (χ0n) is 11.1. The van der Waals surface area contributed by atoms with Crippen LogP contribution in [0.5, 0.6) is 0 Å². The molecule has 1 unspecified atom stereocenters. The van der Waals surface area contributed by atoms with Crippen molar-refractivity contribution in [3.8, 4) is 0 Å². The van der Waals surface area contributed by atoms with E-state index in [1.165, 1.54) is 0 Å². The molecule has 0 saturated heterocycles. The van der Waals surface area contributed by atoms with Crippen LogP contribution in [0.1, 0.15) is 37.0 Å². The molecule has 1 atom stereocenters.